The van der Waals surface area contributed by atoms with Crippen molar-refractivity contribution in [3.05, 3.63) is 50.6 Å². The number of Topliss-reactive ketones (excluding diaryl/α,β-unsaturated/α-hetero) is 1. The van der Waals surface area contributed by atoms with Gasteiger partial charge in [0.15, 0.2) is 5.01 Å². The second kappa shape index (κ2) is 7.93. The number of thiazole rings is 1. The minimum Gasteiger partial charge on any atom is -0.393 e. The smallest absolute Gasteiger partial charge is 0.280 e. The molecule has 3 aromatic rings. The molecule has 8 nitrogen and oxygen atoms in total. The number of halogens is 1. The lowest BCUT2D eigenvalue weighted by Gasteiger charge is -2.29. The number of aliphatic hydroxyl groups excluding tert-OH is 1. The Morgan fingerprint density at radius 3 is 3.03 bits per heavy atom. The van der Waals surface area contributed by atoms with Crippen molar-refractivity contribution in [2.75, 3.05) is 13.6 Å². The average Bonchev–Trinajstić information content (AvgIpc) is 3.42. The molecule has 0 spiro atoms. The summed E-state index contributed by atoms with van der Waals surface area (Å²) in [7, 11) is 2.04. The SMILES string of the molecule is CN1CCc2nc(C(=O)NC3CC(O)CC3(N)C(=O)c3cc4cc(Cl)ccc4[nH]3)sc2C1. The van der Waals surface area contributed by atoms with Gasteiger partial charge >= 0.3 is 0 Å². The molecule has 1 amide bonds. The molecule has 1 aliphatic carbocycles. The number of aliphatic hydroxyl groups is 1. The number of aromatic nitrogens is 2. The summed E-state index contributed by atoms with van der Waals surface area (Å²) in [6.07, 6.45) is 0.285. The van der Waals surface area contributed by atoms with E-state index in [0.29, 0.717) is 15.7 Å². The molecule has 3 atom stereocenters. The third kappa shape index (κ3) is 3.74. The topological polar surface area (TPSA) is 124 Å². The summed E-state index contributed by atoms with van der Waals surface area (Å²) in [5.41, 5.74) is 7.18. The van der Waals surface area contributed by atoms with Crippen molar-refractivity contribution in [1.82, 2.24) is 20.2 Å². The van der Waals surface area contributed by atoms with Crippen molar-refractivity contribution in [3.63, 3.8) is 0 Å². The largest absolute Gasteiger partial charge is 0.393 e. The zero-order chi connectivity index (χ0) is 22.6. The Labute approximate surface area is 193 Å². The molecule has 32 heavy (non-hydrogen) atoms. The fraction of sp³-hybridized carbons (Fsp3) is 0.409. The second-order valence-corrected chi connectivity index (χ2v) is 10.3. The van der Waals surface area contributed by atoms with Crippen LogP contribution in [0, 0.1) is 0 Å². The van der Waals surface area contributed by atoms with Crippen LogP contribution in [0.15, 0.2) is 24.3 Å². The number of benzene rings is 1. The number of ketones is 1. The number of nitrogens with zero attached hydrogens (tertiary/aromatic N) is 2. The predicted octanol–water partition coefficient (Wildman–Crippen LogP) is 2.10. The number of nitrogens with one attached hydrogen (secondary N) is 2. The highest BCUT2D eigenvalue weighted by atomic mass is 35.5. The van der Waals surface area contributed by atoms with E-state index in [1.54, 1.807) is 24.3 Å². The van der Waals surface area contributed by atoms with Gasteiger partial charge in [0.2, 0.25) is 5.78 Å². The molecule has 2 aliphatic rings. The minimum absolute atomic E-state index is 0.0616. The normalized spacial score (nSPS) is 25.8. The maximum Gasteiger partial charge on any atom is 0.280 e. The Kier molecular flexibility index (Phi) is 5.34. The van der Waals surface area contributed by atoms with Crippen LogP contribution in [0.25, 0.3) is 10.9 Å². The Hall–Kier alpha value is -2.30. The van der Waals surface area contributed by atoms with Crippen LogP contribution < -0.4 is 11.1 Å². The maximum atomic E-state index is 13.4. The number of fused-ring (bicyclic) bond motifs is 2. The Morgan fingerprint density at radius 1 is 1.41 bits per heavy atom. The van der Waals surface area contributed by atoms with Crippen LogP contribution in [-0.2, 0) is 13.0 Å². The molecule has 10 heteroatoms. The van der Waals surface area contributed by atoms with Crippen molar-refractivity contribution >= 4 is 45.5 Å². The fourth-order valence-corrected chi connectivity index (χ4v) is 5.93. The predicted molar refractivity (Wildman–Crippen MR) is 123 cm³/mol. The number of carbonyl (C=O) groups excluding carboxylic acids is 2. The zero-order valence-electron chi connectivity index (χ0n) is 17.5. The molecule has 1 saturated carbocycles. The van der Waals surface area contributed by atoms with Gasteiger partial charge in [-0.05, 0) is 37.7 Å². The highest BCUT2D eigenvalue weighted by Crippen LogP contribution is 2.33. The minimum atomic E-state index is -1.43. The van der Waals surface area contributed by atoms with E-state index in [0.717, 1.165) is 41.0 Å². The lowest BCUT2D eigenvalue weighted by atomic mass is 9.87. The van der Waals surface area contributed by atoms with Gasteiger partial charge in [-0.1, -0.05) is 11.6 Å². The van der Waals surface area contributed by atoms with Crippen LogP contribution in [0.2, 0.25) is 5.02 Å². The number of hydrogen-bond donors (Lipinski definition) is 4. The molecule has 168 valence electrons. The van der Waals surface area contributed by atoms with Gasteiger partial charge in [0.05, 0.1) is 23.5 Å². The number of aromatic amines is 1. The lowest BCUT2D eigenvalue weighted by molar-refractivity contribution is 0.0823. The summed E-state index contributed by atoms with van der Waals surface area (Å²) in [6.45, 7) is 1.68. The van der Waals surface area contributed by atoms with Crippen LogP contribution in [0.4, 0.5) is 0 Å². The molecule has 0 radical (unpaired) electrons. The Morgan fingerprint density at radius 2 is 2.22 bits per heavy atom. The van der Waals surface area contributed by atoms with E-state index in [1.165, 1.54) is 11.3 Å². The summed E-state index contributed by atoms with van der Waals surface area (Å²) in [4.78, 5) is 37.3. The van der Waals surface area contributed by atoms with Crippen LogP contribution in [-0.4, -0.2) is 62.9 Å². The molecule has 1 aliphatic heterocycles. The zero-order valence-corrected chi connectivity index (χ0v) is 19.1. The van der Waals surface area contributed by atoms with Crippen molar-refractivity contribution in [1.29, 1.82) is 0 Å². The number of rotatable bonds is 4. The molecule has 2 aromatic heterocycles. The standard InChI is InChI=1S/C22H24ClN5O3S/c1-28-5-4-15-17(10-28)32-21(26-15)20(31)27-18-8-13(29)9-22(18,24)19(30)16-7-11-6-12(23)2-3-14(11)25-16/h2-3,6-7,13,18,25,29H,4-5,8-10,24H2,1H3,(H,27,31). The second-order valence-electron chi connectivity index (χ2n) is 8.78. The maximum absolute atomic E-state index is 13.4. The van der Waals surface area contributed by atoms with Gasteiger partial charge in [-0.25, -0.2) is 4.98 Å². The first kappa shape index (κ1) is 21.5. The monoisotopic (exact) mass is 473 g/mol. The Bertz CT molecular complexity index is 1220. The molecule has 3 unspecified atom stereocenters. The van der Waals surface area contributed by atoms with Gasteiger partial charge < -0.3 is 26.0 Å². The molecule has 5 rings (SSSR count). The quantitative estimate of drug-likeness (QED) is 0.430. The van der Waals surface area contributed by atoms with Crippen molar-refractivity contribution in [2.24, 2.45) is 5.73 Å². The van der Waals surface area contributed by atoms with Crippen LogP contribution in [0.5, 0.6) is 0 Å². The van der Waals surface area contributed by atoms with E-state index in [2.05, 4.69) is 20.2 Å². The van der Waals surface area contributed by atoms with Crippen LogP contribution in [0.3, 0.4) is 0 Å². The van der Waals surface area contributed by atoms with E-state index in [1.807, 2.05) is 7.05 Å². The summed E-state index contributed by atoms with van der Waals surface area (Å²) < 4.78 is 0. The van der Waals surface area contributed by atoms with Gasteiger partial charge in [0.1, 0.15) is 5.54 Å². The summed E-state index contributed by atoms with van der Waals surface area (Å²) in [6, 6.07) is 6.28. The summed E-state index contributed by atoms with van der Waals surface area (Å²) in [5.74, 6) is -0.719. The molecule has 1 aromatic carbocycles. The van der Waals surface area contributed by atoms with Crippen molar-refractivity contribution < 1.29 is 14.7 Å². The first-order valence-electron chi connectivity index (χ1n) is 10.5. The first-order valence-corrected chi connectivity index (χ1v) is 11.7. The third-order valence-corrected chi connectivity index (χ3v) is 7.69. The molecule has 1 fully saturated rings. The van der Waals surface area contributed by atoms with Gasteiger partial charge in [0.25, 0.3) is 5.91 Å². The highest BCUT2D eigenvalue weighted by molar-refractivity contribution is 7.13. The van der Waals surface area contributed by atoms with Gasteiger partial charge in [-0.15, -0.1) is 11.3 Å². The molecular formula is C22H24ClN5O3S. The fourth-order valence-electron chi connectivity index (χ4n) is 4.65. The summed E-state index contributed by atoms with van der Waals surface area (Å²) in [5, 5.41) is 14.9. The number of likely N-dealkylation sites (N-methyl/N-ethyl adjacent to an activating group) is 1. The lowest BCUT2D eigenvalue weighted by Crippen LogP contribution is -2.60. The van der Waals surface area contributed by atoms with Crippen molar-refractivity contribution in [3.8, 4) is 0 Å². The molecule has 5 N–H and O–H groups in total. The van der Waals surface area contributed by atoms with Crippen molar-refractivity contribution in [2.45, 2.75) is 43.5 Å². The average molecular weight is 474 g/mol. The molecular weight excluding hydrogens is 450 g/mol. The third-order valence-electron chi connectivity index (χ3n) is 6.37. The number of nitrogens with two attached hydrogens (primary N) is 1. The molecule has 0 bridgehead atoms. The van der Waals surface area contributed by atoms with Gasteiger partial charge in [-0.2, -0.15) is 0 Å². The number of carbonyl (C=O) groups is 2. The highest BCUT2D eigenvalue weighted by Gasteiger charge is 2.51. The van der Waals surface area contributed by atoms with E-state index in [4.69, 9.17) is 17.3 Å². The number of amides is 1. The van der Waals surface area contributed by atoms with Crippen LogP contribution in [0.1, 0.15) is 43.7 Å². The van der Waals surface area contributed by atoms with Gasteiger partial charge in [-0.3, -0.25) is 9.59 Å². The molecule has 3 heterocycles. The van der Waals surface area contributed by atoms with E-state index >= 15 is 0 Å². The Balaban J connectivity index is 1.39. The van der Waals surface area contributed by atoms with Gasteiger partial charge in [0, 0.05) is 46.7 Å². The number of hydrogen-bond acceptors (Lipinski definition) is 7. The first-order chi connectivity index (χ1) is 15.2. The van der Waals surface area contributed by atoms with E-state index in [-0.39, 0.29) is 24.5 Å². The number of H-pyrrole nitrogens is 1. The van der Waals surface area contributed by atoms with Crippen LogP contribution >= 0.6 is 22.9 Å². The molecule has 0 saturated heterocycles. The van der Waals surface area contributed by atoms with E-state index in [9.17, 15) is 14.7 Å². The van der Waals surface area contributed by atoms with E-state index < -0.39 is 17.7 Å². The summed E-state index contributed by atoms with van der Waals surface area (Å²) >= 11 is 7.42.